The third kappa shape index (κ3) is 4.10. The van der Waals surface area contributed by atoms with Crippen LogP contribution in [-0.4, -0.2) is 36.1 Å². The summed E-state index contributed by atoms with van der Waals surface area (Å²) in [6.45, 7) is 15.7. The largest absolute Gasteiger partial charge is 0.313 e. The van der Waals surface area contributed by atoms with E-state index in [9.17, 15) is 0 Å². The van der Waals surface area contributed by atoms with Gasteiger partial charge in [-0.25, -0.2) is 0 Å². The van der Waals surface area contributed by atoms with Gasteiger partial charge in [-0.05, 0) is 40.8 Å². The van der Waals surface area contributed by atoms with Crippen molar-refractivity contribution < 1.29 is 0 Å². The standard InChI is InChI=1S/C11H26N2/c1-7-12-10(5)11(6)13(8-2)9(3)4/h9-12H,7-8H2,1-6H3. The molecule has 2 unspecified atom stereocenters. The van der Waals surface area contributed by atoms with Gasteiger partial charge in [0.2, 0.25) is 0 Å². The average Bonchev–Trinajstić information content (AvgIpc) is 2.05. The third-order valence-electron chi connectivity index (χ3n) is 2.80. The summed E-state index contributed by atoms with van der Waals surface area (Å²) in [4.78, 5) is 2.52. The van der Waals surface area contributed by atoms with Crippen LogP contribution in [0.1, 0.15) is 41.5 Å². The minimum absolute atomic E-state index is 0.576. The zero-order valence-corrected chi connectivity index (χ0v) is 10.1. The van der Waals surface area contributed by atoms with Gasteiger partial charge < -0.3 is 5.32 Å². The van der Waals surface area contributed by atoms with Crippen LogP contribution in [0, 0.1) is 0 Å². The van der Waals surface area contributed by atoms with Crippen molar-refractivity contribution >= 4 is 0 Å². The summed E-state index contributed by atoms with van der Waals surface area (Å²) in [6.07, 6.45) is 0. The Balaban J connectivity index is 4.10. The lowest BCUT2D eigenvalue weighted by Crippen LogP contribution is -2.49. The van der Waals surface area contributed by atoms with E-state index in [1.807, 2.05) is 0 Å². The van der Waals surface area contributed by atoms with E-state index in [0.717, 1.165) is 13.1 Å². The minimum atomic E-state index is 0.576. The number of nitrogens with one attached hydrogen (secondary N) is 1. The molecule has 0 saturated carbocycles. The molecule has 2 nitrogen and oxygen atoms in total. The highest BCUT2D eigenvalue weighted by atomic mass is 15.2. The Bertz CT molecular complexity index is 123. The van der Waals surface area contributed by atoms with Crippen LogP contribution in [0.5, 0.6) is 0 Å². The van der Waals surface area contributed by atoms with Gasteiger partial charge in [0.05, 0.1) is 0 Å². The Hall–Kier alpha value is -0.0800. The molecule has 0 aliphatic rings. The molecule has 0 aliphatic carbocycles. The molecule has 2 atom stereocenters. The van der Waals surface area contributed by atoms with E-state index in [-0.39, 0.29) is 0 Å². The molecule has 2 heteroatoms. The van der Waals surface area contributed by atoms with Crippen molar-refractivity contribution in [3.05, 3.63) is 0 Å². The Morgan fingerprint density at radius 1 is 1.08 bits per heavy atom. The third-order valence-corrected chi connectivity index (χ3v) is 2.80. The topological polar surface area (TPSA) is 15.3 Å². The molecule has 0 aromatic carbocycles. The van der Waals surface area contributed by atoms with Gasteiger partial charge >= 0.3 is 0 Å². The van der Waals surface area contributed by atoms with Crippen molar-refractivity contribution in [2.24, 2.45) is 0 Å². The van der Waals surface area contributed by atoms with Crippen LogP contribution in [0.2, 0.25) is 0 Å². The zero-order chi connectivity index (χ0) is 10.4. The van der Waals surface area contributed by atoms with Gasteiger partial charge in [0.15, 0.2) is 0 Å². The summed E-state index contributed by atoms with van der Waals surface area (Å²) < 4.78 is 0. The molecular formula is C11H26N2. The van der Waals surface area contributed by atoms with Crippen LogP contribution >= 0.6 is 0 Å². The highest BCUT2D eigenvalue weighted by Gasteiger charge is 2.19. The molecule has 1 N–H and O–H groups in total. The van der Waals surface area contributed by atoms with Crippen LogP contribution in [-0.2, 0) is 0 Å². The fraction of sp³-hybridized carbons (Fsp3) is 1.00. The summed E-state index contributed by atoms with van der Waals surface area (Å²) >= 11 is 0. The molecule has 13 heavy (non-hydrogen) atoms. The van der Waals surface area contributed by atoms with Crippen LogP contribution in [0.25, 0.3) is 0 Å². The van der Waals surface area contributed by atoms with Crippen molar-refractivity contribution in [1.29, 1.82) is 0 Å². The summed E-state index contributed by atoms with van der Waals surface area (Å²) in [6, 6.07) is 1.83. The lowest BCUT2D eigenvalue weighted by Gasteiger charge is -2.35. The normalized spacial score (nSPS) is 16.6. The van der Waals surface area contributed by atoms with Crippen molar-refractivity contribution in [3.8, 4) is 0 Å². The summed E-state index contributed by atoms with van der Waals surface area (Å²) in [5.41, 5.74) is 0. The Morgan fingerprint density at radius 3 is 1.92 bits per heavy atom. The van der Waals surface area contributed by atoms with Gasteiger partial charge in [0.1, 0.15) is 0 Å². The van der Waals surface area contributed by atoms with Gasteiger partial charge in [-0.1, -0.05) is 13.8 Å². The van der Waals surface area contributed by atoms with E-state index in [1.165, 1.54) is 0 Å². The highest BCUT2D eigenvalue weighted by Crippen LogP contribution is 2.08. The van der Waals surface area contributed by atoms with Gasteiger partial charge in [-0.3, -0.25) is 4.90 Å². The minimum Gasteiger partial charge on any atom is -0.313 e. The fourth-order valence-corrected chi connectivity index (χ4v) is 1.90. The smallest absolute Gasteiger partial charge is 0.0220 e. The molecular weight excluding hydrogens is 160 g/mol. The maximum absolute atomic E-state index is 3.47. The second-order valence-electron chi connectivity index (χ2n) is 4.01. The van der Waals surface area contributed by atoms with Gasteiger partial charge in [-0.2, -0.15) is 0 Å². The first-order valence-electron chi connectivity index (χ1n) is 5.53. The summed E-state index contributed by atoms with van der Waals surface area (Å²) in [5.74, 6) is 0. The van der Waals surface area contributed by atoms with Crippen LogP contribution in [0.15, 0.2) is 0 Å². The molecule has 0 fully saturated rings. The van der Waals surface area contributed by atoms with Crippen molar-refractivity contribution in [2.75, 3.05) is 13.1 Å². The molecule has 0 heterocycles. The van der Waals surface area contributed by atoms with E-state index >= 15 is 0 Å². The van der Waals surface area contributed by atoms with Gasteiger partial charge in [0, 0.05) is 18.1 Å². The summed E-state index contributed by atoms with van der Waals surface area (Å²) in [5, 5.41) is 3.47. The number of nitrogens with zero attached hydrogens (tertiary/aromatic N) is 1. The highest BCUT2D eigenvalue weighted by molar-refractivity contribution is 4.78. The number of rotatable bonds is 6. The quantitative estimate of drug-likeness (QED) is 0.683. The Labute approximate surface area is 83.7 Å². The molecule has 0 rings (SSSR count). The van der Waals surface area contributed by atoms with Crippen molar-refractivity contribution in [1.82, 2.24) is 10.2 Å². The summed E-state index contributed by atoms with van der Waals surface area (Å²) in [7, 11) is 0. The lowest BCUT2D eigenvalue weighted by atomic mass is 10.1. The van der Waals surface area contributed by atoms with E-state index in [4.69, 9.17) is 0 Å². The van der Waals surface area contributed by atoms with Gasteiger partial charge in [-0.15, -0.1) is 0 Å². The first kappa shape index (κ1) is 12.9. The first-order chi connectivity index (χ1) is 6.04. The van der Waals surface area contributed by atoms with E-state index in [0.29, 0.717) is 18.1 Å². The van der Waals surface area contributed by atoms with Crippen LogP contribution < -0.4 is 5.32 Å². The van der Waals surface area contributed by atoms with Crippen LogP contribution in [0.4, 0.5) is 0 Å². The number of likely N-dealkylation sites (N-methyl/N-ethyl adjacent to an activating group) is 2. The second kappa shape index (κ2) is 6.39. The SMILES string of the molecule is CCNC(C)C(C)N(CC)C(C)C. The van der Waals surface area contributed by atoms with Crippen molar-refractivity contribution in [2.45, 2.75) is 59.7 Å². The first-order valence-corrected chi connectivity index (χ1v) is 5.53. The molecule has 0 saturated heterocycles. The molecule has 0 amide bonds. The monoisotopic (exact) mass is 186 g/mol. The molecule has 0 aromatic rings. The lowest BCUT2D eigenvalue weighted by molar-refractivity contribution is 0.145. The van der Waals surface area contributed by atoms with Crippen LogP contribution in [0.3, 0.4) is 0 Å². The maximum Gasteiger partial charge on any atom is 0.0220 e. The fourth-order valence-electron chi connectivity index (χ4n) is 1.90. The second-order valence-corrected chi connectivity index (χ2v) is 4.01. The molecule has 0 spiro atoms. The van der Waals surface area contributed by atoms with Crippen molar-refractivity contribution in [3.63, 3.8) is 0 Å². The zero-order valence-electron chi connectivity index (χ0n) is 10.1. The molecule has 0 aromatic heterocycles. The number of hydrogen-bond donors (Lipinski definition) is 1. The van der Waals surface area contributed by atoms with E-state index < -0.39 is 0 Å². The molecule has 0 radical (unpaired) electrons. The van der Waals surface area contributed by atoms with E-state index in [1.54, 1.807) is 0 Å². The Morgan fingerprint density at radius 2 is 1.62 bits per heavy atom. The molecule has 0 bridgehead atoms. The van der Waals surface area contributed by atoms with E-state index in [2.05, 4.69) is 51.8 Å². The molecule has 80 valence electrons. The molecule has 0 aliphatic heterocycles. The predicted molar refractivity (Wildman–Crippen MR) is 60.1 cm³/mol. The Kier molecular flexibility index (Phi) is 6.35. The maximum atomic E-state index is 3.47. The number of hydrogen-bond acceptors (Lipinski definition) is 2. The average molecular weight is 186 g/mol. The van der Waals surface area contributed by atoms with Gasteiger partial charge in [0.25, 0.3) is 0 Å². The predicted octanol–water partition coefficient (Wildman–Crippen LogP) is 2.10.